The van der Waals surface area contributed by atoms with E-state index in [9.17, 15) is 14.7 Å². The third kappa shape index (κ3) is 3.48. The Labute approximate surface area is 212 Å². The number of aliphatic hydroxyl groups is 1. The predicted octanol–water partition coefficient (Wildman–Crippen LogP) is 6.08. The summed E-state index contributed by atoms with van der Waals surface area (Å²) in [7, 11) is 0. The minimum absolute atomic E-state index is 0.0458. The highest BCUT2D eigenvalue weighted by molar-refractivity contribution is 6.52. The number of hydrogen-bond donors (Lipinski definition) is 2. The minimum Gasteiger partial charge on any atom is -0.507 e. The largest absolute Gasteiger partial charge is 0.507 e. The molecule has 0 bridgehead atoms. The Morgan fingerprint density at radius 3 is 2.75 bits per heavy atom. The van der Waals surface area contributed by atoms with Gasteiger partial charge >= 0.3 is 0 Å². The van der Waals surface area contributed by atoms with Crippen LogP contribution in [0.4, 0.5) is 5.69 Å². The first-order valence-corrected chi connectivity index (χ1v) is 12.2. The highest BCUT2D eigenvalue weighted by Gasteiger charge is 2.48. The zero-order chi connectivity index (χ0) is 25.0. The Morgan fingerprint density at radius 2 is 1.92 bits per heavy atom. The van der Waals surface area contributed by atoms with E-state index in [0.29, 0.717) is 22.9 Å². The summed E-state index contributed by atoms with van der Waals surface area (Å²) >= 11 is 6.27. The number of aliphatic hydroxyl groups excluding tert-OH is 1. The number of para-hydroxylation sites is 1. The van der Waals surface area contributed by atoms with Crippen molar-refractivity contribution < 1.29 is 19.4 Å². The number of ether oxygens (including phenoxy) is 1. The van der Waals surface area contributed by atoms with Crippen molar-refractivity contribution in [3.05, 3.63) is 99.7 Å². The van der Waals surface area contributed by atoms with Gasteiger partial charge in [-0.05, 0) is 67.8 Å². The lowest BCUT2D eigenvalue weighted by Crippen LogP contribution is -2.29. The summed E-state index contributed by atoms with van der Waals surface area (Å²) in [5.41, 5.74) is 4.42. The molecule has 3 heterocycles. The van der Waals surface area contributed by atoms with Gasteiger partial charge in [0, 0.05) is 38.4 Å². The SMILES string of the molecule is Cc1[nH]c2ccccc2c1C1/C(=C(\O)c2ccc3c(c2)CCCO3)C(=O)C(=O)N1c1cccc(Cl)c1. The molecule has 3 aromatic carbocycles. The van der Waals surface area contributed by atoms with Crippen LogP contribution in [0.15, 0.2) is 72.3 Å². The maximum atomic E-state index is 13.6. The van der Waals surface area contributed by atoms with Crippen LogP contribution in [0.2, 0.25) is 5.02 Å². The summed E-state index contributed by atoms with van der Waals surface area (Å²) in [4.78, 5) is 31.9. The number of carbonyl (C=O) groups excluding carboxylic acids is 2. The fourth-order valence-corrected chi connectivity index (χ4v) is 5.50. The van der Waals surface area contributed by atoms with Crippen LogP contribution in [0, 0.1) is 6.92 Å². The van der Waals surface area contributed by atoms with Gasteiger partial charge < -0.3 is 14.8 Å². The molecule has 1 saturated heterocycles. The van der Waals surface area contributed by atoms with Crippen molar-refractivity contribution in [1.29, 1.82) is 0 Å². The van der Waals surface area contributed by atoms with Crippen LogP contribution in [-0.4, -0.2) is 28.4 Å². The number of aromatic amines is 1. The van der Waals surface area contributed by atoms with Crippen molar-refractivity contribution in [3.63, 3.8) is 0 Å². The first kappa shape index (κ1) is 22.4. The molecule has 2 aliphatic rings. The van der Waals surface area contributed by atoms with Gasteiger partial charge in [-0.1, -0.05) is 35.9 Å². The van der Waals surface area contributed by atoms with Gasteiger partial charge in [-0.15, -0.1) is 0 Å². The Morgan fingerprint density at radius 1 is 1.08 bits per heavy atom. The minimum atomic E-state index is -0.841. The number of aromatic nitrogens is 1. The number of anilines is 1. The smallest absolute Gasteiger partial charge is 0.300 e. The van der Waals surface area contributed by atoms with Crippen LogP contribution in [-0.2, 0) is 16.0 Å². The number of nitrogens with zero attached hydrogens (tertiary/aromatic N) is 1. The van der Waals surface area contributed by atoms with Gasteiger partial charge in [0.25, 0.3) is 11.7 Å². The van der Waals surface area contributed by atoms with Crippen molar-refractivity contribution in [2.24, 2.45) is 0 Å². The Hall–Kier alpha value is -4.03. The van der Waals surface area contributed by atoms with Crippen molar-refractivity contribution in [3.8, 4) is 5.75 Å². The van der Waals surface area contributed by atoms with Gasteiger partial charge in [-0.25, -0.2) is 0 Å². The normalized spacial score (nSPS) is 18.9. The number of aryl methyl sites for hydroxylation is 2. The van der Waals surface area contributed by atoms with Gasteiger partial charge in [0.05, 0.1) is 18.2 Å². The summed E-state index contributed by atoms with van der Waals surface area (Å²) in [6.07, 6.45) is 1.70. The molecule has 6 rings (SSSR count). The summed E-state index contributed by atoms with van der Waals surface area (Å²) in [6.45, 7) is 2.56. The molecule has 6 nitrogen and oxygen atoms in total. The highest BCUT2D eigenvalue weighted by atomic mass is 35.5. The number of H-pyrrole nitrogens is 1. The van der Waals surface area contributed by atoms with Gasteiger partial charge in [-0.2, -0.15) is 0 Å². The first-order chi connectivity index (χ1) is 17.4. The van der Waals surface area contributed by atoms with E-state index in [1.165, 1.54) is 4.90 Å². The van der Waals surface area contributed by atoms with Crippen LogP contribution < -0.4 is 9.64 Å². The number of amides is 1. The van der Waals surface area contributed by atoms with Crippen LogP contribution in [0.25, 0.3) is 16.7 Å². The maximum absolute atomic E-state index is 13.6. The zero-order valence-corrected chi connectivity index (χ0v) is 20.3. The molecule has 2 N–H and O–H groups in total. The van der Waals surface area contributed by atoms with E-state index >= 15 is 0 Å². The lowest BCUT2D eigenvalue weighted by molar-refractivity contribution is -0.132. The maximum Gasteiger partial charge on any atom is 0.300 e. The number of hydrogen-bond acceptors (Lipinski definition) is 4. The monoisotopic (exact) mass is 498 g/mol. The van der Waals surface area contributed by atoms with Crippen molar-refractivity contribution in [1.82, 2.24) is 4.98 Å². The second-order valence-electron chi connectivity index (χ2n) is 9.13. The fourth-order valence-electron chi connectivity index (χ4n) is 5.31. The van der Waals surface area contributed by atoms with Crippen LogP contribution in [0.5, 0.6) is 5.75 Å². The van der Waals surface area contributed by atoms with E-state index in [1.54, 1.807) is 30.3 Å². The van der Waals surface area contributed by atoms with E-state index in [0.717, 1.165) is 46.3 Å². The lowest BCUT2D eigenvalue weighted by Gasteiger charge is -2.26. The molecule has 0 radical (unpaired) electrons. The van der Waals surface area contributed by atoms with E-state index in [4.69, 9.17) is 16.3 Å². The van der Waals surface area contributed by atoms with Crippen LogP contribution in [0.1, 0.15) is 34.8 Å². The predicted molar refractivity (Wildman–Crippen MR) is 140 cm³/mol. The van der Waals surface area contributed by atoms with Crippen molar-refractivity contribution >= 4 is 45.6 Å². The average molecular weight is 499 g/mol. The summed E-state index contributed by atoms with van der Waals surface area (Å²) < 4.78 is 5.71. The third-order valence-electron chi connectivity index (χ3n) is 6.93. The summed E-state index contributed by atoms with van der Waals surface area (Å²) in [5.74, 6) is -0.881. The number of carbonyl (C=O) groups is 2. The quantitative estimate of drug-likeness (QED) is 0.204. The molecule has 2 aliphatic heterocycles. The number of rotatable bonds is 3. The van der Waals surface area contributed by atoms with Gasteiger partial charge in [0.2, 0.25) is 0 Å². The van der Waals surface area contributed by atoms with Gasteiger partial charge in [0.15, 0.2) is 0 Å². The molecule has 1 unspecified atom stereocenters. The first-order valence-electron chi connectivity index (χ1n) is 11.8. The van der Waals surface area contributed by atoms with Gasteiger partial charge in [0.1, 0.15) is 11.5 Å². The van der Waals surface area contributed by atoms with Crippen molar-refractivity contribution in [2.75, 3.05) is 11.5 Å². The highest BCUT2D eigenvalue weighted by Crippen LogP contribution is 2.46. The molecule has 0 spiro atoms. The molecule has 180 valence electrons. The molecule has 7 heteroatoms. The number of halogens is 1. The van der Waals surface area contributed by atoms with E-state index < -0.39 is 17.7 Å². The Bertz CT molecular complexity index is 1590. The van der Waals surface area contributed by atoms with Crippen LogP contribution >= 0.6 is 11.6 Å². The number of Topliss-reactive ketones (excluding diaryl/α,β-unsaturated/α-hetero) is 1. The molecule has 1 aromatic heterocycles. The number of nitrogens with one attached hydrogen (secondary N) is 1. The fraction of sp³-hybridized carbons (Fsp3) is 0.172. The molecule has 1 fully saturated rings. The molecule has 4 aromatic rings. The topological polar surface area (TPSA) is 82.6 Å². The number of ketones is 1. The molecule has 1 atom stereocenters. The Kier molecular flexibility index (Phi) is 5.34. The number of benzene rings is 3. The second kappa shape index (κ2) is 8.57. The second-order valence-corrected chi connectivity index (χ2v) is 9.57. The standard InChI is InChI=1S/C29H23ClN2O4/c1-16-24(21-9-2-3-10-22(21)31-16)26-25(27(33)18-11-12-23-17(14-18)6-5-13-36-23)28(34)29(35)32(26)20-8-4-7-19(30)15-20/h2-4,7-12,14-15,26,31,33H,5-6,13H2,1H3/b27-25+. The summed E-state index contributed by atoms with van der Waals surface area (Å²) in [5, 5.41) is 12.9. The lowest BCUT2D eigenvalue weighted by atomic mass is 9.92. The van der Waals surface area contributed by atoms with Gasteiger partial charge in [-0.3, -0.25) is 14.5 Å². The van der Waals surface area contributed by atoms with E-state index in [1.807, 2.05) is 43.3 Å². The third-order valence-corrected chi connectivity index (χ3v) is 7.16. The molecule has 36 heavy (non-hydrogen) atoms. The molecule has 1 amide bonds. The Balaban J connectivity index is 1.61. The zero-order valence-electron chi connectivity index (χ0n) is 19.5. The van der Waals surface area contributed by atoms with Crippen molar-refractivity contribution in [2.45, 2.75) is 25.8 Å². The average Bonchev–Trinajstić information content (AvgIpc) is 3.35. The van der Waals surface area contributed by atoms with E-state index in [-0.39, 0.29) is 11.3 Å². The van der Waals surface area contributed by atoms with E-state index in [2.05, 4.69) is 4.98 Å². The molecule has 0 aliphatic carbocycles. The molecular weight excluding hydrogens is 476 g/mol. The molecular formula is C29H23ClN2O4. The number of fused-ring (bicyclic) bond motifs is 2. The van der Waals surface area contributed by atoms with Crippen LogP contribution in [0.3, 0.4) is 0 Å². The summed E-state index contributed by atoms with van der Waals surface area (Å²) in [6, 6.07) is 19.1. The molecule has 0 saturated carbocycles.